The van der Waals surface area contributed by atoms with Crippen LogP contribution in [0.2, 0.25) is 0 Å². The molecule has 0 unspecified atom stereocenters. The molecule has 0 amide bonds. The number of hydrogen-bond acceptors (Lipinski definition) is 3. The lowest BCUT2D eigenvalue weighted by atomic mass is 10.2. The normalized spacial score (nSPS) is 11.2. The highest BCUT2D eigenvalue weighted by atomic mass is 16.5. The van der Waals surface area contributed by atoms with Crippen LogP contribution in [0.15, 0.2) is 29.1 Å². The molecule has 0 atom stereocenters. The van der Waals surface area contributed by atoms with E-state index < -0.39 is 0 Å². The SMILES string of the molecule is COc1ccc2nc3cc(C)[nH]n3c(=O)c2c1. The van der Waals surface area contributed by atoms with Crippen molar-refractivity contribution in [2.75, 3.05) is 7.11 Å². The van der Waals surface area contributed by atoms with Gasteiger partial charge in [-0.1, -0.05) is 0 Å². The lowest BCUT2D eigenvalue weighted by molar-refractivity contribution is 0.415. The summed E-state index contributed by atoms with van der Waals surface area (Å²) in [6, 6.07) is 7.13. The maximum absolute atomic E-state index is 12.2. The first-order valence-corrected chi connectivity index (χ1v) is 5.25. The maximum Gasteiger partial charge on any atom is 0.280 e. The molecule has 2 aromatic heterocycles. The molecule has 1 aromatic carbocycles. The highest BCUT2D eigenvalue weighted by Gasteiger charge is 2.07. The smallest absolute Gasteiger partial charge is 0.280 e. The minimum Gasteiger partial charge on any atom is -0.497 e. The zero-order valence-electron chi connectivity index (χ0n) is 9.52. The Hall–Kier alpha value is -2.30. The Morgan fingerprint density at radius 1 is 1.35 bits per heavy atom. The number of nitrogens with zero attached hydrogens (tertiary/aromatic N) is 2. The second-order valence-electron chi connectivity index (χ2n) is 3.93. The molecule has 0 radical (unpaired) electrons. The second-order valence-corrected chi connectivity index (χ2v) is 3.93. The molecule has 0 saturated carbocycles. The number of H-pyrrole nitrogens is 1. The van der Waals surface area contributed by atoms with E-state index >= 15 is 0 Å². The van der Waals surface area contributed by atoms with Crippen molar-refractivity contribution < 1.29 is 4.74 Å². The highest BCUT2D eigenvalue weighted by molar-refractivity contribution is 5.81. The van der Waals surface area contributed by atoms with E-state index in [1.807, 2.05) is 13.0 Å². The van der Waals surface area contributed by atoms with Gasteiger partial charge in [0.2, 0.25) is 0 Å². The highest BCUT2D eigenvalue weighted by Crippen LogP contribution is 2.17. The average Bonchev–Trinajstić information content (AvgIpc) is 2.70. The molecule has 86 valence electrons. The number of rotatable bonds is 1. The quantitative estimate of drug-likeness (QED) is 0.687. The van der Waals surface area contributed by atoms with Crippen LogP contribution in [0.5, 0.6) is 5.75 Å². The topological polar surface area (TPSA) is 59.4 Å². The van der Waals surface area contributed by atoms with Crippen LogP contribution < -0.4 is 10.3 Å². The van der Waals surface area contributed by atoms with Crippen LogP contribution in [-0.2, 0) is 0 Å². The van der Waals surface area contributed by atoms with E-state index in [4.69, 9.17) is 4.74 Å². The molecule has 5 heteroatoms. The summed E-state index contributed by atoms with van der Waals surface area (Å²) >= 11 is 0. The van der Waals surface area contributed by atoms with Gasteiger partial charge in [0.25, 0.3) is 5.56 Å². The first kappa shape index (κ1) is 9.89. The van der Waals surface area contributed by atoms with Crippen molar-refractivity contribution in [2.45, 2.75) is 6.92 Å². The standard InChI is InChI=1S/C12H11N3O2/c1-7-5-11-13-10-4-3-8(17-2)6-9(10)12(16)15(11)14-7/h3-6,14H,1-2H3. The first-order chi connectivity index (χ1) is 8.19. The number of ether oxygens (including phenoxy) is 1. The van der Waals surface area contributed by atoms with E-state index in [2.05, 4.69) is 10.1 Å². The van der Waals surface area contributed by atoms with Gasteiger partial charge in [0.05, 0.1) is 18.0 Å². The van der Waals surface area contributed by atoms with Crippen LogP contribution >= 0.6 is 0 Å². The maximum atomic E-state index is 12.2. The van der Waals surface area contributed by atoms with E-state index in [1.165, 1.54) is 4.52 Å². The van der Waals surface area contributed by atoms with Gasteiger partial charge in [-0.15, -0.1) is 0 Å². The zero-order chi connectivity index (χ0) is 12.0. The van der Waals surface area contributed by atoms with Crippen LogP contribution in [0.3, 0.4) is 0 Å². The van der Waals surface area contributed by atoms with Gasteiger partial charge in [-0.3, -0.25) is 9.89 Å². The third kappa shape index (κ3) is 1.39. The average molecular weight is 229 g/mol. The monoisotopic (exact) mass is 229 g/mol. The molecule has 2 heterocycles. The van der Waals surface area contributed by atoms with Crippen LogP contribution in [0, 0.1) is 6.92 Å². The van der Waals surface area contributed by atoms with Gasteiger partial charge in [-0.25, -0.2) is 9.50 Å². The molecular formula is C12H11N3O2. The summed E-state index contributed by atoms with van der Waals surface area (Å²) < 4.78 is 6.55. The molecule has 0 spiro atoms. The first-order valence-electron chi connectivity index (χ1n) is 5.25. The molecule has 3 rings (SSSR count). The van der Waals surface area contributed by atoms with Crippen molar-refractivity contribution in [3.63, 3.8) is 0 Å². The van der Waals surface area contributed by atoms with Gasteiger partial charge >= 0.3 is 0 Å². The predicted octanol–water partition coefficient (Wildman–Crippen LogP) is 1.49. The molecule has 0 fully saturated rings. The zero-order valence-corrected chi connectivity index (χ0v) is 9.52. The van der Waals surface area contributed by atoms with Gasteiger partial charge in [0.1, 0.15) is 5.75 Å². The molecule has 17 heavy (non-hydrogen) atoms. The van der Waals surface area contributed by atoms with Gasteiger partial charge in [-0.2, -0.15) is 0 Å². The molecule has 3 aromatic rings. The van der Waals surface area contributed by atoms with Gasteiger partial charge in [0.15, 0.2) is 5.65 Å². The Morgan fingerprint density at radius 3 is 2.94 bits per heavy atom. The summed E-state index contributed by atoms with van der Waals surface area (Å²) in [6.07, 6.45) is 0. The minimum absolute atomic E-state index is 0.114. The molecule has 0 bridgehead atoms. The fourth-order valence-electron chi connectivity index (χ4n) is 1.92. The van der Waals surface area contributed by atoms with Crippen molar-refractivity contribution >= 4 is 16.6 Å². The van der Waals surface area contributed by atoms with Crippen LogP contribution in [0.4, 0.5) is 0 Å². The molecule has 0 saturated heterocycles. The van der Waals surface area contributed by atoms with Gasteiger partial charge < -0.3 is 4.74 Å². The molecular weight excluding hydrogens is 218 g/mol. The van der Waals surface area contributed by atoms with Crippen molar-refractivity contribution in [2.24, 2.45) is 0 Å². The Kier molecular flexibility index (Phi) is 1.95. The van der Waals surface area contributed by atoms with Crippen LogP contribution in [0.1, 0.15) is 5.69 Å². The predicted molar refractivity (Wildman–Crippen MR) is 64.6 cm³/mol. The minimum atomic E-state index is -0.114. The van der Waals surface area contributed by atoms with E-state index in [1.54, 1.807) is 25.3 Å². The van der Waals surface area contributed by atoms with E-state index in [0.717, 1.165) is 5.69 Å². The van der Waals surface area contributed by atoms with Crippen LogP contribution in [-0.4, -0.2) is 21.7 Å². The van der Waals surface area contributed by atoms with E-state index in [0.29, 0.717) is 22.3 Å². The summed E-state index contributed by atoms with van der Waals surface area (Å²) in [7, 11) is 1.57. The Labute approximate surface area is 96.6 Å². The van der Waals surface area contributed by atoms with Crippen molar-refractivity contribution in [3.05, 3.63) is 40.3 Å². The Morgan fingerprint density at radius 2 is 2.18 bits per heavy atom. The van der Waals surface area contributed by atoms with E-state index in [-0.39, 0.29) is 5.56 Å². The Balaban J connectivity index is 2.50. The number of nitrogens with one attached hydrogen (secondary N) is 1. The molecule has 5 nitrogen and oxygen atoms in total. The molecule has 1 N–H and O–H groups in total. The fourth-order valence-corrected chi connectivity index (χ4v) is 1.92. The van der Waals surface area contributed by atoms with Crippen molar-refractivity contribution in [1.82, 2.24) is 14.6 Å². The number of methoxy groups -OCH3 is 1. The fraction of sp³-hybridized carbons (Fsp3) is 0.167. The van der Waals surface area contributed by atoms with Crippen molar-refractivity contribution in [3.8, 4) is 5.75 Å². The molecule has 0 aliphatic heterocycles. The number of aryl methyl sites for hydroxylation is 1. The number of aromatic nitrogens is 3. The largest absolute Gasteiger partial charge is 0.497 e. The van der Waals surface area contributed by atoms with Crippen molar-refractivity contribution in [1.29, 1.82) is 0 Å². The van der Waals surface area contributed by atoms with Crippen LogP contribution in [0.25, 0.3) is 16.6 Å². The summed E-state index contributed by atoms with van der Waals surface area (Å²) in [5, 5.41) is 3.50. The third-order valence-corrected chi connectivity index (χ3v) is 2.74. The number of hydrogen-bond donors (Lipinski definition) is 1. The summed E-state index contributed by atoms with van der Waals surface area (Å²) in [4.78, 5) is 16.6. The third-order valence-electron chi connectivity index (χ3n) is 2.74. The molecule has 0 aliphatic rings. The lowest BCUT2D eigenvalue weighted by Gasteiger charge is -2.02. The number of aromatic amines is 1. The van der Waals surface area contributed by atoms with Gasteiger partial charge in [0, 0.05) is 11.8 Å². The number of benzene rings is 1. The Bertz CT molecular complexity index is 770. The summed E-state index contributed by atoms with van der Waals surface area (Å²) in [6.45, 7) is 1.89. The second kappa shape index (κ2) is 3.35. The number of fused-ring (bicyclic) bond motifs is 2. The van der Waals surface area contributed by atoms with Gasteiger partial charge in [-0.05, 0) is 25.1 Å². The summed E-state index contributed by atoms with van der Waals surface area (Å²) in [5.74, 6) is 0.652. The summed E-state index contributed by atoms with van der Waals surface area (Å²) in [5.41, 5.74) is 2.09. The molecule has 0 aliphatic carbocycles. The van der Waals surface area contributed by atoms with E-state index in [9.17, 15) is 4.79 Å². The lowest BCUT2D eigenvalue weighted by Crippen LogP contribution is -2.15.